The molecule has 2 aromatic carbocycles. The van der Waals surface area contributed by atoms with Crippen LogP contribution in [0.5, 0.6) is 0 Å². The number of aryl methyl sites for hydroxylation is 1. The summed E-state index contributed by atoms with van der Waals surface area (Å²) >= 11 is 17.7. The highest BCUT2D eigenvalue weighted by Crippen LogP contribution is 2.49. The zero-order valence-corrected chi connectivity index (χ0v) is 21.2. The van der Waals surface area contributed by atoms with Gasteiger partial charge in [-0.3, -0.25) is 9.69 Å². The fourth-order valence-electron chi connectivity index (χ4n) is 3.89. The summed E-state index contributed by atoms with van der Waals surface area (Å²) in [6.07, 6.45) is -2.64. The number of nitrogens with zero attached hydrogens (tertiary/aromatic N) is 4. The highest BCUT2D eigenvalue weighted by molar-refractivity contribution is 6.34. The van der Waals surface area contributed by atoms with Crippen LogP contribution in [0.2, 0.25) is 15.1 Å². The molecular weight excluding hydrogens is 540 g/mol. The Kier molecular flexibility index (Phi) is 7.19. The SMILES string of the molecule is CCN(C(=O)c1ccc(C2=NOC(c3cc(Cl)cc(Cl)c3)(C(F)(F)F)C2)cc1C)c1ncc(Cl)cn1. The molecule has 2 heterocycles. The topological polar surface area (TPSA) is 67.7 Å². The minimum absolute atomic E-state index is 0.0435. The number of anilines is 1. The number of hydrogen-bond donors (Lipinski definition) is 0. The summed E-state index contributed by atoms with van der Waals surface area (Å²) in [5.41, 5.74) is -1.68. The molecule has 1 aromatic heterocycles. The monoisotopic (exact) mass is 556 g/mol. The lowest BCUT2D eigenvalue weighted by atomic mass is 9.86. The summed E-state index contributed by atoms with van der Waals surface area (Å²) in [6, 6.07) is 8.29. The Bertz CT molecular complexity index is 1330. The molecule has 1 atom stereocenters. The predicted octanol–water partition coefficient (Wildman–Crippen LogP) is 6.99. The van der Waals surface area contributed by atoms with Gasteiger partial charge in [0.2, 0.25) is 5.95 Å². The number of aromatic nitrogens is 2. The van der Waals surface area contributed by atoms with Gasteiger partial charge in [0.05, 0.1) is 23.1 Å². The number of carbonyl (C=O) groups is 1. The maximum atomic E-state index is 14.3. The average Bonchev–Trinajstić information content (AvgIpc) is 3.27. The number of amides is 1. The second kappa shape index (κ2) is 9.88. The van der Waals surface area contributed by atoms with Gasteiger partial charge in [-0.1, -0.05) is 46.0 Å². The molecule has 1 unspecified atom stereocenters. The fraction of sp³-hybridized carbons (Fsp3) is 0.250. The number of benzene rings is 2. The number of carbonyl (C=O) groups excluding carboxylic acids is 1. The minimum Gasteiger partial charge on any atom is -0.374 e. The third kappa shape index (κ3) is 4.87. The van der Waals surface area contributed by atoms with Crippen LogP contribution in [-0.2, 0) is 10.4 Å². The van der Waals surface area contributed by atoms with E-state index in [9.17, 15) is 18.0 Å². The van der Waals surface area contributed by atoms with Crippen molar-refractivity contribution in [2.45, 2.75) is 32.0 Å². The van der Waals surface area contributed by atoms with Crippen LogP contribution in [0.1, 0.15) is 40.4 Å². The lowest BCUT2D eigenvalue weighted by Crippen LogP contribution is -2.42. The first-order valence-corrected chi connectivity index (χ1v) is 11.8. The van der Waals surface area contributed by atoms with Crippen LogP contribution in [0.4, 0.5) is 19.1 Å². The molecule has 0 aliphatic carbocycles. The van der Waals surface area contributed by atoms with Gasteiger partial charge in [-0.15, -0.1) is 0 Å². The summed E-state index contributed by atoms with van der Waals surface area (Å²) in [5.74, 6) is -0.189. The molecule has 1 aliphatic rings. The lowest BCUT2D eigenvalue weighted by molar-refractivity contribution is -0.275. The van der Waals surface area contributed by atoms with Crippen LogP contribution in [0.3, 0.4) is 0 Å². The smallest absolute Gasteiger partial charge is 0.374 e. The third-order valence-electron chi connectivity index (χ3n) is 5.71. The van der Waals surface area contributed by atoms with Crippen molar-refractivity contribution >= 4 is 52.4 Å². The van der Waals surface area contributed by atoms with E-state index in [0.29, 0.717) is 28.3 Å². The van der Waals surface area contributed by atoms with Crippen molar-refractivity contribution in [3.05, 3.63) is 86.1 Å². The number of oxime groups is 1. The third-order valence-corrected chi connectivity index (χ3v) is 6.35. The lowest BCUT2D eigenvalue weighted by Gasteiger charge is -2.29. The second-order valence-corrected chi connectivity index (χ2v) is 9.38. The molecular formula is C24H18Cl3F3N4O2. The Morgan fingerprint density at radius 2 is 1.69 bits per heavy atom. The van der Waals surface area contributed by atoms with Gasteiger partial charge in [0.1, 0.15) is 0 Å². The highest BCUT2D eigenvalue weighted by atomic mass is 35.5. The summed E-state index contributed by atoms with van der Waals surface area (Å²) in [7, 11) is 0. The quantitative estimate of drug-likeness (QED) is 0.339. The van der Waals surface area contributed by atoms with Crippen molar-refractivity contribution in [2.75, 3.05) is 11.4 Å². The van der Waals surface area contributed by atoms with Crippen molar-refractivity contribution in [3.63, 3.8) is 0 Å². The van der Waals surface area contributed by atoms with Crippen molar-refractivity contribution in [1.82, 2.24) is 9.97 Å². The fourth-order valence-corrected chi connectivity index (χ4v) is 4.52. The van der Waals surface area contributed by atoms with Gasteiger partial charge < -0.3 is 4.84 Å². The first-order valence-electron chi connectivity index (χ1n) is 10.6. The Hall–Kier alpha value is -2.88. The Labute approximate surface area is 219 Å². The van der Waals surface area contributed by atoms with Crippen molar-refractivity contribution in [2.24, 2.45) is 5.16 Å². The molecule has 36 heavy (non-hydrogen) atoms. The second-order valence-electron chi connectivity index (χ2n) is 8.07. The highest BCUT2D eigenvalue weighted by Gasteiger charge is 2.62. The summed E-state index contributed by atoms with van der Waals surface area (Å²) in [5, 5.41) is 4.19. The van der Waals surface area contributed by atoms with Crippen LogP contribution in [0.15, 0.2) is 53.9 Å². The molecule has 1 aliphatic heterocycles. The number of halogens is 6. The van der Waals surface area contributed by atoms with Gasteiger partial charge in [0, 0.05) is 34.1 Å². The molecule has 6 nitrogen and oxygen atoms in total. The molecule has 1 amide bonds. The molecule has 0 N–H and O–H groups in total. The van der Waals surface area contributed by atoms with Crippen molar-refractivity contribution in [1.29, 1.82) is 0 Å². The number of hydrogen-bond acceptors (Lipinski definition) is 5. The maximum Gasteiger partial charge on any atom is 0.435 e. The first-order chi connectivity index (χ1) is 16.9. The molecule has 0 bridgehead atoms. The van der Waals surface area contributed by atoms with E-state index in [2.05, 4.69) is 15.1 Å². The van der Waals surface area contributed by atoms with Crippen LogP contribution in [-0.4, -0.2) is 34.3 Å². The van der Waals surface area contributed by atoms with Gasteiger partial charge in [0.25, 0.3) is 11.5 Å². The van der Waals surface area contributed by atoms with Gasteiger partial charge in [0.15, 0.2) is 0 Å². The number of alkyl halides is 3. The van der Waals surface area contributed by atoms with Crippen LogP contribution >= 0.6 is 34.8 Å². The van der Waals surface area contributed by atoms with Gasteiger partial charge in [-0.2, -0.15) is 13.2 Å². The zero-order valence-electron chi connectivity index (χ0n) is 18.9. The van der Waals surface area contributed by atoms with E-state index in [1.165, 1.54) is 35.5 Å². The molecule has 0 saturated carbocycles. The first kappa shape index (κ1) is 26.2. The molecule has 0 fully saturated rings. The van der Waals surface area contributed by atoms with Crippen LogP contribution in [0.25, 0.3) is 0 Å². The van der Waals surface area contributed by atoms with Gasteiger partial charge in [-0.05, 0) is 55.3 Å². The van der Waals surface area contributed by atoms with Crippen LogP contribution < -0.4 is 4.90 Å². The molecule has 12 heteroatoms. The number of rotatable bonds is 5. The normalized spacial score (nSPS) is 17.5. The predicted molar refractivity (Wildman–Crippen MR) is 132 cm³/mol. The largest absolute Gasteiger partial charge is 0.435 e. The van der Waals surface area contributed by atoms with E-state index < -0.39 is 18.2 Å². The molecule has 188 valence electrons. The van der Waals surface area contributed by atoms with Gasteiger partial charge >= 0.3 is 6.18 Å². The van der Waals surface area contributed by atoms with Crippen LogP contribution in [0, 0.1) is 6.92 Å². The molecule has 0 radical (unpaired) electrons. The van der Waals surface area contributed by atoms with E-state index in [1.807, 2.05) is 0 Å². The summed E-state index contributed by atoms with van der Waals surface area (Å²) in [6.45, 7) is 3.74. The maximum absolute atomic E-state index is 14.3. The standard InChI is InChI=1S/C24H18Cl3F3N4O2/c1-3-34(22-31-11-18(27)12-32-22)21(35)19-5-4-14(6-13(19)2)20-10-23(36-33-20,24(28,29)30)15-7-16(25)9-17(26)8-15/h4-9,11-12H,3,10H2,1-2H3. The molecule has 4 rings (SSSR count). The minimum atomic E-state index is -4.81. The zero-order chi connectivity index (χ0) is 26.3. The Morgan fingerprint density at radius 3 is 2.25 bits per heavy atom. The van der Waals surface area contributed by atoms with Crippen molar-refractivity contribution < 1.29 is 22.8 Å². The van der Waals surface area contributed by atoms with Crippen molar-refractivity contribution in [3.8, 4) is 0 Å². The molecule has 0 spiro atoms. The van der Waals surface area contributed by atoms with Gasteiger partial charge in [-0.25, -0.2) is 9.97 Å². The average molecular weight is 558 g/mol. The van der Waals surface area contributed by atoms with E-state index in [-0.39, 0.29) is 33.2 Å². The van der Waals surface area contributed by atoms with E-state index in [4.69, 9.17) is 39.6 Å². The summed E-state index contributed by atoms with van der Waals surface area (Å²) < 4.78 is 42.8. The Morgan fingerprint density at radius 1 is 1.06 bits per heavy atom. The molecule has 3 aromatic rings. The molecule has 0 saturated heterocycles. The summed E-state index contributed by atoms with van der Waals surface area (Å²) in [4.78, 5) is 27.8. The van der Waals surface area contributed by atoms with E-state index in [1.54, 1.807) is 19.9 Å². The van der Waals surface area contributed by atoms with E-state index in [0.717, 1.165) is 12.1 Å². The van der Waals surface area contributed by atoms with E-state index >= 15 is 0 Å². The Balaban J connectivity index is 1.63.